The van der Waals surface area contributed by atoms with Gasteiger partial charge in [-0.05, 0) is 12.8 Å². The van der Waals surface area contributed by atoms with Crippen molar-refractivity contribution in [1.82, 2.24) is 10.4 Å². The molecular formula is C12H16N2O9. The van der Waals surface area contributed by atoms with E-state index >= 15 is 0 Å². The van der Waals surface area contributed by atoms with Gasteiger partial charge in [-0.3, -0.25) is 19.2 Å². The van der Waals surface area contributed by atoms with Crippen LogP contribution in [0.25, 0.3) is 0 Å². The zero-order valence-corrected chi connectivity index (χ0v) is 12.1. The minimum Gasteiger partial charge on any atom is -0.481 e. The molecule has 1 aliphatic heterocycles. The van der Waals surface area contributed by atoms with Crippen LogP contribution < -0.4 is 5.32 Å². The second-order valence-electron chi connectivity index (χ2n) is 4.88. The summed E-state index contributed by atoms with van der Waals surface area (Å²) in [5.74, 6) is -6.07. The van der Waals surface area contributed by atoms with Crippen LogP contribution in [0.4, 0.5) is 0 Å². The van der Waals surface area contributed by atoms with Crippen LogP contribution in [-0.4, -0.2) is 68.3 Å². The van der Waals surface area contributed by atoms with E-state index in [1.165, 1.54) is 0 Å². The van der Waals surface area contributed by atoms with Crippen LogP contribution in [0, 0.1) is 0 Å². The number of hydrogen-bond acceptors (Lipinski definition) is 6. The molecule has 1 fully saturated rings. The number of carbonyl (C=O) groups excluding carboxylic acids is 2. The molecule has 3 atom stereocenters. The number of carbonyl (C=O) groups is 5. The molecule has 0 aliphatic carbocycles. The van der Waals surface area contributed by atoms with E-state index in [1.807, 2.05) is 0 Å². The van der Waals surface area contributed by atoms with Gasteiger partial charge in [-0.2, -0.15) is 0 Å². The third kappa shape index (κ3) is 4.92. The van der Waals surface area contributed by atoms with Gasteiger partial charge in [0.15, 0.2) is 12.1 Å². The summed E-state index contributed by atoms with van der Waals surface area (Å²) >= 11 is 0. The summed E-state index contributed by atoms with van der Waals surface area (Å²) in [4.78, 5) is 61.2. The van der Waals surface area contributed by atoms with Gasteiger partial charge in [0.1, 0.15) is 6.04 Å². The molecule has 0 aromatic carbocycles. The maximum atomic E-state index is 12.3. The molecule has 128 valence electrons. The van der Waals surface area contributed by atoms with Crippen molar-refractivity contribution in [2.24, 2.45) is 0 Å². The SMILES string of the molecule is CC(=O)N[C@@H](CC(=O)O)C(=O)N1O[C@H](C(=O)O)CC[C@H]1C(=O)O. The number of amides is 2. The zero-order chi connectivity index (χ0) is 17.7. The van der Waals surface area contributed by atoms with Crippen molar-refractivity contribution in [2.45, 2.75) is 44.4 Å². The van der Waals surface area contributed by atoms with Crippen LogP contribution in [0.3, 0.4) is 0 Å². The molecule has 1 saturated heterocycles. The molecular weight excluding hydrogens is 316 g/mol. The van der Waals surface area contributed by atoms with E-state index in [1.54, 1.807) is 0 Å². The van der Waals surface area contributed by atoms with Crippen LogP contribution in [0.1, 0.15) is 26.2 Å². The quantitative estimate of drug-likeness (QED) is 0.448. The number of hydroxylamine groups is 2. The van der Waals surface area contributed by atoms with E-state index in [-0.39, 0.29) is 12.8 Å². The van der Waals surface area contributed by atoms with Crippen molar-refractivity contribution in [1.29, 1.82) is 0 Å². The fraction of sp³-hybridized carbons (Fsp3) is 0.583. The maximum absolute atomic E-state index is 12.3. The molecule has 0 spiro atoms. The van der Waals surface area contributed by atoms with E-state index in [9.17, 15) is 24.0 Å². The highest BCUT2D eigenvalue weighted by Gasteiger charge is 2.42. The topological polar surface area (TPSA) is 171 Å². The molecule has 0 bridgehead atoms. The van der Waals surface area contributed by atoms with Crippen molar-refractivity contribution in [3.8, 4) is 0 Å². The Labute approximate surface area is 129 Å². The maximum Gasteiger partial charge on any atom is 0.335 e. The summed E-state index contributed by atoms with van der Waals surface area (Å²) in [7, 11) is 0. The second kappa shape index (κ2) is 7.54. The summed E-state index contributed by atoms with van der Waals surface area (Å²) in [5, 5.41) is 29.2. The van der Waals surface area contributed by atoms with Crippen LogP contribution in [0.15, 0.2) is 0 Å². The first-order valence-corrected chi connectivity index (χ1v) is 6.57. The van der Waals surface area contributed by atoms with E-state index < -0.39 is 54.3 Å². The van der Waals surface area contributed by atoms with Crippen LogP contribution in [0.2, 0.25) is 0 Å². The smallest absolute Gasteiger partial charge is 0.335 e. The van der Waals surface area contributed by atoms with Crippen LogP contribution in [0.5, 0.6) is 0 Å². The van der Waals surface area contributed by atoms with Crippen molar-refractivity contribution in [2.75, 3.05) is 0 Å². The molecule has 11 nitrogen and oxygen atoms in total. The third-order valence-corrected chi connectivity index (χ3v) is 3.06. The summed E-state index contributed by atoms with van der Waals surface area (Å²) in [6.45, 7) is 1.05. The molecule has 23 heavy (non-hydrogen) atoms. The van der Waals surface area contributed by atoms with Gasteiger partial charge in [0.05, 0.1) is 6.42 Å². The molecule has 1 heterocycles. The fourth-order valence-electron chi connectivity index (χ4n) is 2.06. The number of hydrogen-bond donors (Lipinski definition) is 4. The van der Waals surface area contributed by atoms with Crippen molar-refractivity contribution in [3.63, 3.8) is 0 Å². The average Bonchev–Trinajstić information content (AvgIpc) is 2.43. The molecule has 4 N–H and O–H groups in total. The largest absolute Gasteiger partial charge is 0.481 e. The molecule has 0 radical (unpaired) electrons. The van der Waals surface area contributed by atoms with Gasteiger partial charge in [-0.25, -0.2) is 14.7 Å². The Morgan fingerprint density at radius 3 is 2.17 bits per heavy atom. The Morgan fingerprint density at radius 2 is 1.74 bits per heavy atom. The Balaban J connectivity index is 3.03. The number of nitrogens with one attached hydrogen (secondary N) is 1. The number of nitrogens with zero attached hydrogens (tertiary/aromatic N) is 1. The van der Waals surface area contributed by atoms with Crippen molar-refractivity contribution < 1.29 is 44.1 Å². The number of carboxylic acids is 3. The molecule has 0 saturated carbocycles. The summed E-state index contributed by atoms with van der Waals surface area (Å²) in [5.41, 5.74) is 0. The first-order chi connectivity index (χ1) is 10.6. The van der Waals surface area contributed by atoms with Crippen molar-refractivity contribution in [3.05, 3.63) is 0 Å². The fourth-order valence-corrected chi connectivity index (χ4v) is 2.06. The van der Waals surface area contributed by atoms with Gasteiger partial charge in [0.2, 0.25) is 5.91 Å². The van der Waals surface area contributed by atoms with E-state index in [4.69, 9.17) is 20.2 Å². The minimum atomic E-state index is -1.57. The monoisotopic (exact) mass is 332 g/mol. The first-order valence-electron chi connectivity index (χ1n) is 6.57. The number of rotatable bonds is 6. The molecule has 0 aromatic rings. The lowest BCUT2D eigenvalue weighted by Gasteiger charge is -2.36. The Bertz CT molecular complexity index is 517. The predicted octanol–water partition coefficient (Wildman–Crippen LogP) is -1.57. The van der Waals surface area contributed by atoms with E-state index in [0.717, 1.165) is 6.92 Å². The Hall–Kier alpha value is -2.69. The Kier molecular flexibility index (Phi) is 6.02. The summed E-state index contributed by atoms with van der Waals surface area (Å²) in [6.07, 6.45) is -2.54. The van der Waals surface area contributed by atoms with Crippen LogP contribution >= 0.6 is 0 Å². The summed E-state index contributed by atoms with van der Waals surface area (Å²) < 4.78 is 0. The van der Waals surface area contributed by atoms with Gasteiger partial charge in [-0.1, -0.05) is 0 Å². The van der Waals surface area contributed by atoms with Gasteiger partial charge in [0.25, 0.3) is 5.91 Å². The Morgan fingerprint density at radius 1 is 1.13 bits per heavy atom. The molecule has 2 amide bonds. The minimum absolute atomic E-state index is 0.125. The van der Waals surface area contributed by atoms with Gasteiger partial charge >= 0.3 is 17.9 Å². The number of aliphatic carboxylic acids is 3. The average molecular weight is 332 g/mol. The highest BCUT2D eigenvalue weighted by Crippen LogP contribution is 2.22. The molecule has 0 aromatic heterocycles. The van der Waals surface area contributed by atoms with Gasteiger partial charge in [-0.15, -0.1) is 0 Å². The lowest BCUT2D eigenvalue weighted by atomic mass is 10.0. The second-order valence-corrected chi connectivity index (χ2v) is 4.88. The molecule has 11 heteroatoms. The molecule has 0 unspecified atom stereocenters. The molecule has 1 rings (SSSR count). The van der Waals surface area contributed by atoms with Crippen LogP contribution in [-0.2, 0) is 28.8 Å². The highest BCUT2D eigenvalue weighted by molar-refractivity contribution is 5.92. The first kappa shape index (κ1) is 18.4. The third-order valence-electron chi connectivity index (χ3n) is 3.06. The summed E-state index contributed by atoms with van der Waals surface area (Å²) in [6, 6.07) is -3.04. The van der Waals surface area contributed by atoms with Gasteiger partial charge in [0, 0.05) is 6.92 Å². The lowest BCUT2D eigenvalue weighted by molar-refractivity contribution is -0.246. The zero-order valence-electron chi connectivity index (χ0n) is 12.1. The molecule has 1 aliphatic rings. The lowest BCUT2D eigenvalue weighted by Crippen LogP contribution is -2.58. The van der Waals surface area contributed by atoms with E-state index in [2.05, 4.69) is 5.32 Å². The normalized spacial score (nSPS) is 22.0. The standard InChI is InChI=1S/C12H16N2O9/c1-5(15)13-6(4-9(16)17)10(18)14-7(11(19)20)2-3-8(23-14)12(21)22/h6-8H,2-4H2,1H3,(H,13,15)(H,16,17)(H,19,20)(H,21,22)/t6-,7-,8-/m0/s1. The van der Waals surface area contributed by atoms with Crippen molar-refractivity contribution >= 4 is 29.7 Å². The highest BCUT2D eigenvalue weighted by atomic mass is 16.7. The number of carboxylic acid groups (broad SMARTS) is 3. The predicted molar refractivity (Wildman–Crippen MR) is 69.9 cm³/mol. The van der Waals surface area contributed by atoms with E-state index in [0.29, 0.717) is 5.06 Å². The van der Waals surface area contributed by atoms with Gasteiger partial charge < -0.3 is 20.6 Å².